The van der Waals surface area contributed by atoms with Crippen LogP contribution in [0.1, 0.15) is 38.7 Å². The van der Waals surface area contributed by atoms with Crippen molar-refractivity contribution in [1.82, 2.24) is 4.90 Å². The summed E-state index contributed by atoms with van der Waals surface area (Å²) < 4.78 is 5.20. The number of hydrogen-bond acceptors (Lipinski definition) is 5. The number of benzene rings is 1. The van der Waals surface area contributed by atoms with Gasteiger partial charge in [-0.3, -0.25) is 9.59 Å². The van der Waals surface area contributed by atoms with Gasteiger partial charge in [0.25, 0.3) is 0 Å². The first-order valence-corrected chi connectivity index (χ1v) is 9.35. The highest BCUT2D eigenvalue weighted by atomic mass is 16.5. The Morgan fingerprint density at radius 1 is 1.30 bits per heavy atom. The van der Waals surface area contributed by atoms with Crippen LogP contribution in [0.4, 0.5) is 0 Å². The number of rotatable bonds is 8. The minimum Gasteiger partial charge on any atom is -0.479 e. The monoisotopic (exact) mass is 376 g/mol. The summed E-state index contributed by atoms with van der Waals surface area (Å²) >= 11 is 0. The van der Waals surface area contributed by atoms with E-state index >= 15 is 0 Å². The summed E-state index contributed by atoms with van der Waals surface area (Å²) in [5.74, 6) is -3.18. The molecule has 3 N–H and O–H groups in total. The summed E-state index contributed by atoms with van der Waals surface area (Å²) in [5, 5.41) is 10.1. The molecule has 1 aliphatic heterocycles. The summed E-state index contributed by atoms with van der Waals surface area (Å²) in [4.78, 5) is 39.0. The van der Waals surface area contributed by atoms with Gasteiger partial charge in [0.05, 0.1) is 18.6 Å². The number of nitrogens with zero attached hydrogens (tertiary/aromatic N) is 1. The molecular formula is C20H28N2O5. The lowest BCUT2D eigenvalue weighted by Crippen LogP contribution is -2.62. The Bertz CT molecular complexity index is 676. The second-order valence-electron chi connectivity index (χ2n) is 6.94. The molecule has 7 nitrogen and oxygen atoms in total. The van der Waals surface area contributed by atoms with E-state index in [1.165, 1.54) is 11.8 Å². The minimum atomic E-state index is -1.62. The third-order valence-corrected chi connectivity index (χ3v) is 5.16. The number of carbonyl (C=O) groups is 3. The number of amides is 1. The van der Waals surface area contributed by atoms with Crippen molar-refractivity contribution in [3.05, 3.63) is 35.9 Å². The van der Waals surface area contributed by atoms with Crippen LogP contribution in [0.3, 0.4) is 0 Å². The van der Waals surface area contributed by atoms with Gasteiger partial charge in [0.15, 0.2) is 5.54 Å². The van der Waals surface area contributed by atoms with E-state index in [9.17, 15) is 19.5 Å². The van der Waals surface area contributed by atoms with Crippen molar-refractivity contribution in [2.75, 3.05) is 13.2 Å². The van der Waals surface area contributed by atoms with Crippen LogP contribution >= 0.6 is 0 Å². The summed E-state index contributed by atoms with van der Waals surface area (Å²) in [6.07, 6.45) is 1.50. The van der Waals surface area contributed by atoms with Crippen LogP contribution in [0.15, 0.2) is 30.3 Å². The smallest absolute Gasteiger partial charge is 0.330 e. The molecule has 1 fully saturated rings. The maximum Gasteiger partial charge on any atom is 0.330 e. The fraction of sp³-hybridized carbons (Fsp3) is 0.550. The first kappa shape index (κ1) is 20.9. The lowest BCUT2D eigenvalue weighted by atomic mass is 9.77. The first-order chi connectivity index (χ1) is 12.8. The molecule has 148 valence electrons. The van der Waals surface area contributed by atoms with Gasteiger partial charge in [0.2, 0.25) is 5.91 Å². The van der Waals surface area contributed by atoms with Crippen LogP contribution in [0.25, 0.3) is 0 Å². The molecule has 1 saturated heterocycles. The number of carboxylic acid groups (broad SMARTS) is 1. The maximum absolute atomic E-state index is 12.7. The molecule has 1 aliphatic rings. The molecule has 0 spiro atoms. The molecule has 1 unspecified atom stereocenters. The number of aryl methyl sites for hydroxylation is 1. The van der Waals surface area contributed by atoms with Crippen LogP contribution in [0.5, 0.6) is 0 Å². The van der Waals surface area contributed by atoms with Crippen LogP contribution in [0.2, 0.25) is 0 Å². The van der Waals surface area contributed by atoms with E-state index in [1.54, 1.807) is 6.92 Å². The Balaban J connectivity index is 2.40. The van der Waals surface area contributed by atoms with Gasteiger partial charge in [-0.05, 0) is 45.1 Å². The van der Waals surface area contributed by atoms with Crippen molar-refractivity contribution in [1.29, 1.82) is 0 Å². The second kappa shape index (κ2) is 8.99. The normalized spacial score (nSPS) is 21.5. The quantitative estimate of drug-likeness (QED) is 0.667. The molecule has 7 heteroatoms. The number of likely N-dealkylation sites (tertiary alicyclic amines) is 1. The Morgan fingerprint density at radius 2 is 1.96 bits per heavy atom. The molecule has 0 aliphatic carbocycles. The van der Waals surface area contributed by atoms with Crippen molar-refractivity contribution >= 4 is 17.8 Å². The summed E-state index contributed by atoms with van der Waals surface area (Å²) in [6, 6.07) is 8.70. The standard InChI is InChI=1S/C20H28N2O5/c1-3-27-18(24)16(11-10-15-8-5-4-6-9-15)20(19(25)26)12-7-13-22(20)17(23)14(2)21/h4-6,8-9,14,16H,3,7,10-13,21H2,1-2H3,(H,25,26)/t14-,16?,20+/m0/s1. The van der Waals surface area contributed by atoms with Crippen molar-refractivity contribution in [3.63, 3.8) is 0 Å². The maximum atomic E-state index is 12.7. The fourth-order valence-electron chi connectivity index (χ4n) is 3.88. The number of ether oxygens (including phenoxy) is 1. The fourth-order valence-corrected chi connectivity index (χ4v) is 3.88. The molecule has 1 aromatic rings. The second-order valence-corrected chi connectivity index (χ2v) is 6.94. The summed E-state index contributed by atoms with van der Waals surface area (Å²) in [7, 11) is 0. The van der Waals surface area contributed by atoms with Crippen LogP contribution < -0.4 is 5.73 Å². The SMILES string of the molecule is CCOC(=O)C(CCc1ccccc1)[C@@]1(C(=O)O)CCCN1C(=O)[C@H](C)N. The van der Waals surface area contributed by atoms with E-state index in [-0.39, 0.29) is 26.0 Å². The highest BCUT2D eigenvalue weighted by molar-refractivity contribution is 5.94. The highest BCUT2D eigenvalue weighted by Crippen LogP contribution is 2.40. The van der Waals surface area contributed by atoms with E-state index in [1.807, 2.05) is 30.3 Å². The van der Waals surface area contributed by atoms with Gasteiger partial charge in [0, 0.05) is 6.54 Å². The summed E-state index contributed by atoms with van der Waals surface area (Å²) in [6.45, 7) is 3.63. The molecule has 27 heavy (non-hydrogen) atoms. The zero-order chi connectivity index (χ0) is 20.0. The minimum absolute atomic E-state index is 0.150. The zero-order valence-electron chi connectivity index (χ0n) is 15.9. The molecule has 3 atom stereocenters. The number of aliphatic carboxylic acids is 1. The Hall–Kier alpha value is -2.41. The predicted octanol–water partition coefficient (Wildman–Crippen LogP) is 1.59. The van der Waals surface area contributed by atoms with Gasteiger partial charge in [-0.1, -0.05) is 30.3 Å². The zero-order valence-corrected chi connectivity index (χ0v) is 15.9. The molecule has 1 amide bonds. The lowest BCUT2D eigenvalue weighted by Gasteiger charge is -2.40. The van der Waals surface area contributed by atoms with E-state index in [0.717, 1.165) is 5.56 Å². The van der Waals surface area contributed by atoms with Crippen LogP contribution in [0, 0.1) is 5.92 Å². The Kier molecular flexibility index (Phi) is 6.96. The van der Waals surface area contributed by atoms with Gasteiger partial charge in [-0.15, -0.1) is 0 Å². The third kappa shape index (κ3) is 4.30. The van der Waals surface area contributed by atoms with Gasteiger partial charge in [0.1, 0.15) is 0 Å². The number of esters is 1. The molecule has 2 rings (SSSR count). The van der Waals surface area contributed by atoms with Gasteiger partial charge in [-0.2, -0.15) is 0 Å². The molecule has 0 aromatic heterocycles. The van der Waals surface area contributed by atoms with Crippen molar-refractivity contribution in [2.24, 2.45) is 11.7 Å². The van der Waals surface area contributed by atoms with Gasteiger partial charge >= 0.3 is 11.9 Å². The molecule has 0 radical (unpaired) electrons. The molecule has 0 bridgehead atoms. The van der Waals surface area contributed by atoms with Crippen molar-refractivity contribution < 1.29 is 24.2 Å². The number of nitrogens with two attached hydrogens (primary N) is 1. The van der Waals surface area contributed by atoms with E-state index in [0.29, 0.717) is 12.8 Å². The Labute approximate surface area is 159 Å². The lowest BCUT2D eigenvalue weighted by molar-refractivity contribution is -0.170. The summed E-state index contributed by atoms with van der Waals surface area (Å²) in [5.41, 5.74) is 5.11. The Morgan fingerprint density at radius 3 is 2.52 bits per heavy atom. The van der Waals surface area contributed by atoms with Crippen molar-refractivity contribution in [3.8, 4) is 0 Å². The average molecular weight is 376 g/mol. The predicted molar refractivity (Wildman–Crippen MR) is 99.8 cm³/mol. The third-order valence-electron chi connectivity index (χ3n) is 5.16. The van der Waals surface area contributed by atoms with Crippen LogP contribution in [-0.2, 0) is 25.5 Å². The largest absolute Gasteiger partial charge is 0.479 e. The van der Waals surface area contributed by atoms with E-state index < -0.39 is 35.3 Å². The molecular weight excluding hydrogens is 348 g/mol. The molecule has 0 saturated carbocycles. The molecule has 1 aromatic carbocycles. The van der Waals surface area contributed by atoms with Gasteiger partial charge in [-0.25, -0.2) is 4.79 Å². The number of carbonyl (C=O) groups excluding carboxylic acids is 2. The van der Waals surface area contributed by atoms with E-state index in [4.69, 9.17) is 10.5 Å². The average Bonchev–Trinajstić information content (AvgIpc) is 3.08. The van der Waals surface area contributed by atoms with Crippen molar-refractivity contribution in [2.45, 2.75) is 51.1 Å². The number of carboxylic acids is 1. The topological polar surface area (TPSA) is 110 Å². The number of hydrogen-bond donors (Lipinski definition) is 2. The highest BCUT2D eigenvalue weighted by Gasteiger charge is 2.58. The van der Waals surface area contributed by atoms with Gasteiger partial charge < -0.3 is 20.5 Å². The first-order valence-electron chi connectivity index (χ1n) is 9.35. The molecule has 1 heterocycles. The van der Waals surface area contributed by atoms with E-state index in [2.05, 4.69) is 0 Å². The van der Waals surface area contributed by atoms with Crippen LogP contribution in [-0.4, -0.2) is 52.6 Å².